The van der Waals surface area contributed by atoms with E-state index in [0.29, 0.717) is 0 Å². The average molecular weight is 142 g/mol. The summed E-state index contributed by atoms with van der Waals surface area (Å²) in [7, 11) is 0. The molecule has 0 spiro atoms. The first-order valence-corrected chi connectivity index (χ1v) is 2.90. The number of nitrogens with two attached hydrogens (primary N) is 1. The van der Waals surface area contributed by atoms with Gasteiger partial charge in [-0.25, -0.2) is 0 Å². The van der Waals surface area contributed by atoms with Gasteiger partial charge >= 0.3 is 0 Å². The zero-order valence-electron chi connectivity index (χ0n) is 5.79. The molecule has 1 amide bonds. The molecule has 0 aliphatic rings. The fraction of sp³-hybridized carbons (Fsp3) is 0.667. The van der Waals surface area contributed by atoms with Gasteiger partial charge in [0.15, 0.2) is 0 Å². The molecule has 0 fully saturated rings. The molecule has 0 saturated heterocycles. The van der Waals surface area contributed by atoms with Gasteiger partial charge in [0.25, 0.3) is 0 Å². The molecule has 0 heterocycles. The summed E-state index contributed by atoms with van der Waals surface area (Å²) < 4.78 is 0. The van der Waals surface area contributed by atoms with Crippen LogP contribution in [0.5, 0.6) is 0 Å². The van der Waals surface area contributed by atoms with E-state index in [4.69, 9.17) is 16.1 Å². The Morgan fingerprint density at radius 3 is 2.70 bits per heavy atom. The van der Waals surface area contributed by atoms with Crippen LogP contribution in [0.2, 0.25) is 0 Å². The van der Waals surface area contributed by atoms with Crippen molar-refractivity contribution < 1.29 is 9.90 Å². The molecule has 0 saturated carbocycles. The number of amides is 1. The van der Waals surface area contributed by atoms with Crippen molar-refractivity contribution >= 4 is 5.91 Å². The van der Waals surface area contributed by atoms with E-state index >= 15 is 0 Å². The molecule has 1 atom stereocenters. The van der Waals surface area contributed by atoms with Crippen molar-refractivity contribution in [1.82, 2.24) is 0 Å². The van der Waals surface area contributed by atoms with Gasteiger partial charge in [-0.3, -0.25) is 4.79 Å². The molecule has 0 aliphatic carbocycles. The Bertz CT molecular complexity index is 169. The van der Waals surface area contributed by atoms with E-state index in [0.717, 1.165) is 0 Å². The molecule has 56 valence electrons. The highest BCUT2D eigenvalue weighted by Crippen LogP contribution is 2.08. The van der Waals surface area contributed by atoms with Gasteiger partial charge in [-0.05, 0) is 13.3 Å². The Morgan fingerprint density at radius 2 is 2.40 bits per heavy atom. The number of nitriles is 1. The number of carbonyl (C=O) groups is 1. The number of aliphatic hydroxyl groups is 1. The SMILES string of the molecule is C[C@@](O)(C#N)CCC(N)=O. The Hall–Kier alpha value is -1.08. The van der Waals surface area contributed by atoms with Gasteiger partial charge in [0.05, 0.1) is 6.07 Å². The summed E-state index contributed by atoms with van der Waals surface area (Å²) in [6, 6.07) is 1.64. The van der Waals surface area contributed by atoms with Crippen molar-refractivity contribution in [3.63, 3.8) is 0 Å². The number of carbonyl (C=O) groups excluding carboxylic acids is 1. The molecule has 0 unspecified atom stereocenters. The first kappa shape index (κ1) is 8.92. The lowest BCUT2D eigenvalue weighted by molar-refractivity contribution is -0.118. The maximum Gasteiger partial charge on any atom is 0.217 e. The average Bonchev–Trinajstić information content (AvgIpc) is 1.85. The molecule has 0 aromatic carbocycles. The highest BCUT2D eigenvalue weighted by molar-refractivity contribution is 5.73. The summed E-state index contributed by atoms with van der Waals surface area (Å²) >= 11 is 0. The third kappa shape index (κ3) is 3.87. The standard InChI is InChI=1S/C6H10N2O2/c1-6(10,4-7)3-2-5(8)9/h10H,2-3H2,1H3,(H2,8,9)/t6-/m0/s1. The second-order valence-corrected chi connectivity index (χ2v) is 2.35. The van der Waals surface area contributed by atoms with Crippen LogP contribution in [0.3, 0.4) is 0 Å². The van der Waals surface area contributed by atoms with E-state index in [-0.39, 0.29) is 12.8 Å². The Labute approximate surface area is 59.3 Å². The largest absolute Gasteiger partial charge is 0.376 e. The predicted octanol–water partition coefficient (Wildman–Crippen LogP) is -0.474. The topological polar surface area (TPSA) is 87.1 Å². The van der Waals surface area contributed by atoms with Crippen LogP contribution in [-0.2, 0) is 4.79 Å². The number of nitrogens with zero attached hydrogens (tertiary/aromatic N) is 1. The van der Waals surface area contributed by atoms with Gasteiger partial charge in [0, 0.05) is 6.42 Å². The summed E-state index contributed by atoms with van der Waals surface area (Å²) in [5, 5.41) is 17.3. The van der Waals surface area contributed by atoms with Crippen molar-refractivity contribution in [2.45, 2.75) is 25.4 Å². The molecule has 0 aromatic rings. The third-order valence-electron chi connectivity index (χ3n) is 1.10. The molecule has 4 heteroatoms. The smallest absolute Gasteiger partial charge is 0.217 e. The molecular formula is C6H10N2O2. The van der Waals surface area contributed by atoms with Crippen LogP contribution in [0.15, 0.2) is 0 Å². The Kier molecular flexibility index (Phi) is 2.84. The predicted molar refractivity (Wildman–Crippen MR) is 34.7 cm³/mol. The Balaban J connectivity index is 3.71. The minimum absolute atomic E-state index is 0.0422. The van der Waals surface area contributed by atoms with E-state index in [1.807, 2.05) is 0 Å². The molecule has 10 heavy (non-hydrogen) atoms. The lowest BCUT2D eigenvalue weighted by Crippen LogP contribution is -2.24. The third-order valence-corrected chi connectivity index (χ3v) is 1.10. The molecule has 0 radical (unpaired) electrons. The van der Waals surface area contributed by atoms with Crippen LogP contribution in [0.25, 0.3) is 0 Å². The van der Waals surface area contributed by atoms with Crippen LogP contribution in [-0.4, -0.2) is 16.6 Å². The van der Waals surface area contributed by atoms with Crippen molar-refractivity contribution in [3.8, 4) is 6.07 Å². The molecule has 3 N–H and O–H groups in total. The normalized spacial score (nSPS) is 15.3. The van der Waals surface area contributed by atoms with E-state index in [1.165, 1.54) is 6.92 Å². The van der Waals surface area contributed by atoms with Gasteiger partial charge < -0.3 is 10.8 Å². The molecule has 0 bridgehead atoms. The molecule has 4 nitrogen and oxygen atoms in total. The van der Waals surface area contributed by atoms with E-state index in [2.05, 4.69) is 0 Å². The highest BCUT2D eigenvalue weighted by Gasteiger charge is 2.19. The summed E-state index contributed by atoms with van der Waals surface area (Å²) in [4.78, 5) is 10.2. The maximum atomic E-state index is 10.2. The first-order valence-electron chi connectivity index (χ1n) is 2.90. The van der Waals surface area contributed by atoms with Crippen molar-refractivity contribution in [2.24, 2.45) is 5.73 Å². The lowest BCUT2D eigenvalue weighted by Gasteiger charge is -2.11. The van der Waals surface area contributed by atoms with Gasteiger partial charge in [-0.15, -0.1) is 0 Å². The first-order chi connectivity index (χ1) is 4.48. The van der Waals surface area contributed by atoms with Crippen LogP contribution in [0, 0.1) is 11.3 Å². The Morgan fingerprint density at radius 1 is 1.90 bits per heavy atom. The molecule has 0 aliphatic heterocycles. The van der Waals surface area contributed by atoms with Crippen LogP contribution in [0.1, 0.15) is 19.8 Å². The summed E-state index contributed by atoms with van der Waals surface area (Å²) in [5.74, 6) is -0.504. The van der Waals surface area contributed by atoms with Crippen LogP contribution in [0.4, 0.5) is 0 Å². The zero-order chi connectivity index (χ0) is 8.20. The van der Waals surface area contributed by atoms with E-state index < -0.39 is 11.5 Å². The quantitative estimate of drug-likeness (QED) is 0.522. The van der Waals surface area contributed by atoms with Gasteiger partial charge in [0.2, 0.25) is 5.91 Å². The van der Waals surface area contributed by atoms with Gasteiger partial charge in [0.1, 0.15) is 5.60 Å². The lowest BCUT2D eigenvalue weighted by atomic mass is 10.0. The van der Waals surface area contributed by atoms with Crippen molar-refractivity contribution in [2.75, 3.05) is 0 Å². The fourth-order valence-corrected chi connectivity index (χ4v) is 0.423. The molecular weight excluding hydrogens is 132 g/mol. The zero-order valence-corrected chi connectivity index (χ0v) is 5.79. The number of primary amides is 1. The molecule has 0 rings (SSSR count). The van der Waals surface area contributed by atoms with Gasteiger partial charge in [-0.2, -0.15) is 5.26 Å². The summed E-state index contributed by atoms with van der Waals surface area (Å²) in [6.07, 6.45) is 0.138. The monoisotopic (exact) mass is 142 g/mol. The van der Waals surface area contributed by atoms with Crippen molar-refractivity contribution in [1.29, 1.82) is 5.26 Å². The summed E-state index contributed by atoms with van der Waals surface area (Å²) in [5.41, 5.74) is 3.37. The number of hydrogen-bond donors (Lipinski definition) is 2. The van der Waals surface area contributed by atoms with Crippen LogP contribution >= 0.6 is 0 Å². The second kappa shape index (κ2) is 3.18. The maximum absolute atomic E-state index is 10.2. The second-order valence-electron chi connectivity index (χ2n) is 2.35. The van der Waals surface area contributed by atoms with Crippen molar-refractivity contribution in [3.05, 3.63) is 0 Å². The van der Waals surface area contributed by atoms with E-state index in [1.54, 1.807) is 6.07 Å². The van der Waals surface area contributed by atoms with Gasteiger partial charge in [-0.1, -0.05) is 0 Å². The molecule has 0 aromatic heterocycles. The number of hydrogen-bond acceptors (Lipinski definition) is 3. The van der Waals surface area contributed by atoms with Crippen LogP contribution < -0.4 is 5.73 Å². The minimum Gasteiger partial charge on any atom is -0.376 e. The fourth-order valence-electron chi connectivity index (χ4n) is 0.423. The minimum atomic E-state index is -1.42. The number of rotatable bonds is 3. The van der Waals surface area contributed by atoms with E-state index in [9.17, 15) is 4.79 Å². The highest BCUT2D eigenvalue weighted by atomic mass is 16.3. The summed E-state index contributed by atoms with van der Waals surface area (Å²) in [6.45, 7) is 1.34.